The van der Waals surface area contributed by atoms with Gasteiger partial charge in [0.25, 0.3) is 5.69 Å². The fourth-order valence-corrected chi connectivity index (χ4v) is 3.44. The van der Waals surface area contributed by atoms with Gasteiger partial charge in [0.05, 0.1) is 4.92 Å². The van der Waals surface area contributed by atoms with Crippen LogP contribution in [0, 0.1) is 21.8 Å². The summed E-state index contributed by atoms with van der Waals surface area (Å²) in [6.45, 7) is 1.59. The lowest BCUT2D eigenvalue weighted by molar-refractivity contribution is -0.388. The van der Waals surface area contributed by atoms with Gasteiger partial charge in [-0.3, -0.25) is 10.1 Å². The third-order valence-electron chi connectivity index (χ3n) is 3.14. The first-order valence-electron chi connectivity index (χ1n) is 6.05. The van der Waals surface area contributed by atoms with Crippen LogP contribution in [-0.2, 0) is 10.0 Å². The molecule has 1 aliphatic heterocycles. The molecule has 0 bridgehead atoms. The van der Waals surface area contributed by atoms with Crippen molar-refractivity contribution >= 4 is 28.1 Å². The standard InChI is InChI=1S/C11H14FN3O4S.ClH/c12-9-2-1-3-10(15(16)17)11(9)20(18,19)14-7-8-4-5-13-6-8;/h1-3,8,13-14H,4-7H2;1H. The fourth-order valence-electron chi connectivity index (χ4n) is 2.10. The molecule has 1 aliphatic rings. The Labute approximate surface area is 127 Å². The topological polar surface area (TPSA) is 101 Å². The molecule has 1 aromatic carbocycles. The number of sulfonamides is 1. The molecule has 1 heterocycles. The van der Waals surface area contributed by atoms with Gasteiger partial charge in [0.2, 0.25) is 10.0 Å². The molecule has 0 aromatic heterocycles. The summed E-state index contributed by atoms with van der Waals surface area (Å²) in [5.74, 6) is -1.02. The summed E-state index contributed by atoms with van der Waals surface area (Å²) in [4.78, 5) is 9.00. The zero-order chi connectivity index (χ0) is 14.8. The molecule has 10 heteroatoms. The first-order valence-corrected chi connectivity index (χ1v) is 7.53. The molecule has 0 spiro atoms. The molecule has 2 N–H and O–H groups in total. The summed E-state index contributed by atoms with van der Waals surface area (Å²) in [5, 5.41) is 13.9. The van der Waals surface area contributed by atoms with Crippen molar-refractivity contribution < 1.29 is 17.7 Å². The van der Waals surface area contributed by atoms with Crippen molar-refractivity contribution in [2.45, 2.75) is 11.3 Å². The Morgan fingerprint density at radius 3 is 2.76 bits per heavy atom. The number of nitrogens with one attached hydrogen (secondary N) is 2. The SMILES string of the molecule is Cl.O=[N+]([O-])c1cccc(F)c1S(=O)(=O)NCC1CCNC1. The Hall–Kier alpha value is -1.29. The third kappa shape index (κ3) is 4.10. The molecule has 7 nitrogen and oxygen atoms in total. The molecule has 1 atom stereocenters. The fraction of sp³-hybridized carbons (Fsp3) is 0.455. The number of hydrogen-bond donors (Lipinski definition) is 2. The number of nitrogens with zero attached hydrogens (tertiary/aromatic N) is 1. The van der Waals surface area contributed by atoms with Crippen molar-refractivity contribution in [2.24, 2.45) is 5.92 Å². The first kappa shape index (κ1) is 17.8. The number of benzene rings is 1. The lowest BCUT2D eigenvalue weighted by Gasteiger charge is -2.11. The van der Waals surface area contributed by atoms with E-state index in [1.54, 1.807) is 0 Å². The number of nitro groups is 1. The van der Waals surface area contributed by atoms with Crippen LogP contribution in [0.3, 0.4) is 0 Å². The highest BCUT2D eigenvalue weighted by Gasteiger charge is 2.30. The number of rotatable bonds is 5. The van der Waals surface area contributed by atoms with Crippen molar-refractivity contribution in [3.05, 3.63) is 34.1 Å². The Morgan fingerprint density at radius 1 is 1.48 bits per heavy atom. The second-order valence-corrected chi connectivity index (χ2v) is 6.26. The molecule has 0 amide bonds. The van der Waals surface area contributed by atoms with Crippen molar-refractivity contribution in [1.29, 1.82) is 0 Å². The zero-order valence-corrected chi connectivity index (χ0v) is 12.5. The van der Waals surface area contributed by atoms with Crippen molar-refractivity contribution in [3.63, 3.8) is 0 Å². The van der Waals surface area contributed by atoms with Gasteiger partial charge >= 0.3 is 0 Å². The Morgan fingerprint density at radius 2 is 2.19 bits per heavy atom. The average Bonchev–Trinajstić information content (AvgIpc) is 2.89. The van der Waals surface area contributed by atoms with E-state index in [4.69, 9.17) is 0 Å². The highest BCUT2D eigenvalue weighted by molar-refractivity contribution is 7.89. The Bertz CT molecular complexity index is 620. The van der Waals surface area contributed by atoms with Gasteiger partial charge in [-0.05, 0) is 31.5 Å². The van der Waals surface area contributed by atoms with Crippen LogP contribution in [0.15, 0.2) is 23.1 Å². The maximum absolute atomic E-state index is 13.7. The summed E-state index contributed by atoms with van der Waals surface area (Å²) in [5.41, 5.74) is -0.762. The van der Waals surface area contributed by atoms with Crippen LogP contribution < -0.4 is 10.0 Å². The van der Waals surface area contributed by atoms with Crippen molar-refractivity contribution in [1.82, 2.24) is 10.0 Å². The molecule has 118 valence electrons. The lowest BCUT2D eigenvalue weighted by Crippen LogP contribution is -2.31. The van der Waals surface area contributed by atoms with E-state index in [1.165, 1.54) is 0 Å². The summed E-state index contributed by atoms with van der Waals surface area (Å²) >= 11 is 0. The minimum Gasteiger partial charge on any atom is -0.316 e. The maximum atomic E-state index is 13.7. The smallest absolute Gasteiger partial charge is 0.292 e. The summed E-state index contributed by atoms with van der Waals surface area (Å²) in [6.07, 6.45) is 0.807. The van der Waals surface area contributed by atoms with Gasteiger partial charge in [-0.15, -0.1) is 12.4 Å². The van der Waals surface area contributed by atoms with Gasteiger partial charge < -0.3 is 5.32 Å². The van der Waals surface area contributed by atoms with Crippen molar-refractivity contribution in [3.8, 4) is 0 Å². The van der Waals surface area contributed by atoms with E-state index in [9.17, 15) is 22.9 Å². The molecule has 0 saturated carbocycles. The third-order valence-corrected chi connectivity index (χ3v) is 4.62. The van der Waals surface area contributed by atoms with E-state index in [-0.39, 0.29) is 24.9 Å². The molecule has 0 radical (unpaired) electrons. The van der Waals surface area contributed by atoms with E-state index < -0.39 is 31.3 Å². The van der Waals surface area contributed by atoms with Crippen LogP contribution in [-0.4, -0.2) is 33.0 Å². The first-order chi connectivity index (χ1) is 9.42. The van der Waals surface area contributed by atoms with Crippen molar-refractivity contribution in [2.75, 3.05) is 19.6 Å². The quantitative estimate of drug-likeness (QED) is 0.616. The van der Waals surface area contributed by atoms with Gasteiger partial charge in [0, 0.05) is 12.6 Å². The van der Waals surface area contributed by atoms with Crippen LogP contribution >= 0.6 is 12.4 Å². The lowest BCUT2D eigenvalue weighted by atomic mass is 10.1. The zero-order valence-electron chi connectivity index (χ0n) is 10.9. The van der Waals surface area contributed by atoms with Gasteiger partial charge in [0.1, 0.15) is 5.82 Å². The highest BCUT2D eigenvalue weighted by atomic mass is 35.5. The molecule has 21 heavy (non-hydrogen) atoms. The highest BCUT2D eigenvalue weighted by Crippen LogP contribution is 2.26. The predicted octanol–water partition coefficient (Wildman–Crippen LogP) is 1.04. The van der Waals surface area contributed by atoms with Crippen LogP contribution in [0.5, 0.6) is 0 Å². The molecule has 1 fully saturated rings. The molecule has 0 aliphatic carbocycles. The molecular formula is C11H15ClFN3O4S. The summed E-state index contributed by atoms with van der Waals surface area (Å²) in [7, 11) is -4.25. The summed E-state index contributed by atoms with van der Waals surface area (Å²) < 4.78 is 40.0. The van der Waals surface area contributed by atoms with Crippen LogP contribution in [0.2, 0.25) is 0 Å². The van der Waals surface area contributed by atoms with Gasteiger partial charge in [0.15, 0.2) is 4.90 Å². The second kappa shape index (κ2) is 7.12. The number of halogens is 2. The van der Waals surface area contributed by atoms with Crippen LogP contribution in [0.25, 0.3) is 0 Å². The number of hydrogen-bond acceptors (Lipinski definition) is 5. The average molecular weight is 340 g/mol. The normalized spacial score (nSPS) is 18.2. The molecule has 2 rings (SSSR count). The summed E-state index contributed by atoms with van der Waals surface area (Å²) in [6, 6.07) is 2.96. The molecule has 1 unspecified atom stereocenters. The minimum atomic E-state index is -4.25. The monoisotopic (exact) mass is 339 g/mol. The van der Waals surface area contributed by atoms with E-state index in [2.05, 4.69) is 10.0 Å². The molecule has 1 aromatic rings. The Balaban J connectivity index is 0.00000220. The predicted molar refractivity (Wildman–Crippen MR) is 76.5 cm³/mol. The van der Waals surface area contributed by atoms with Crippen LogP contribution in [0.1, 0.15) is 6.42 Å². The largest absolute Gasteiger partial charge is 0.316 e. The van der Waals surface area contributed by atoms with E-state index in [1.807, 2.05) is 0 Å². The maximum Gasteiger partial charge on any atom is 0.292 e. The van der Waals surface area contributed by atoms with E-state index in [0.29, 0.717) is 6.54 Å². The van der Waals surface area contributed by atoms with Gasteiger partial charge in [-0.25, -0.2) is 17.5 Å². The van der Waals surface area contributed by atoms with Gasteiger partial charge in [-0.1, -0.05) is 6.07 Å². The molecular weight excluding hydrogens is 325 g/mol. The van der Waals surface area contributed by atoms with Gasteiger partial charge in [-0.2, -0.15) is 0 Å². The Kier molecular flexibility index (Phi) is 6.02. The minimum absolute atomic E-state index is 0. The second-order valence-electron chi connectivity index (χ2n) is 4.56. The van der Waals surface area contributed by atoms with Crippen LogP contribution in [0.4, 0.5) is 10.1 Å². The van der Waals surface area contributed by atoms with E-state index >= 15 is 0 Å². The number of nitro benzene ring substituents is 1. The molecule has 1 saturated heterocycles. The van der Waals surface area contributed by atoms with E-state index in [0.717, 1.165) is 31.2 Å².